The van der Waals surface area contributed by atoms with Crippen molar-refractivity contribution in [3.8, 4) is 23.0 Å². The predicted octanol–water partition coefficient (Wildman–Crippen LogP) is 3.79. The summed E-state index contributed by atoms with van der Waals surface area (Å²) in [4.78, 5) is 41.6. The fourth-order valence-electron chi connectivity index (χ4n) is 3.89. The van der Waals surface area contributed by atoms with Crippen molar-refractivity contribution in [1.82, 2.24) is 24.5 Å². The zero-order valence-corrected chi connectivity index (χ0v) is 18.8. The molecule has 0 saturated heterocycles. The summed E-state index contributed by atoms with van der Waals surface area (Å²) in [6.45, 7) is 5.56. The zero-order valence-electron chi connectivity index (χ0n) is 18.8. The molecule has 0 amide bonds. The van der Waals surface area contributed by atoms with Crippen LogP contribution < -0.4 is 11.2 Å². The number of fused-ring (bicyclic) bond motifs is 3. The Hall–Kier alpha value is -4.64. The number of rotatable bonds is 3. The van der Waals surface area contributed by atoms with Gasteiger partial charge in [0.15, 0.2) is 0 Å². The number of aromatic nitrogens is 5. The maximum Gasteiger partial charge on any atom is 0.333 e. The van der Waals surface area contributed by atoms with Crippen molar-refractivity contribution < 1.29 is 0 Å². The molecule has 34 heavy (non-hydrogen) atoms. The van der Waals surface area contributed by atoms with Crippen molar-refractivity contribution >= 4 is 21.9 Å². The van der Waals surface area contributed by atoms with E-state index in [0.29, 0.717) is 27.9 Å². The molecule has 5 rings (SSSR count). The van der Waals surface area contributed by atoms with Crippen molar-refractivity contribution in [2.24, 2.45) is 0 Å². The van der Waals surface area contributed by atoms with Gasteiger partial charge in [0.05, 0.1) is 39.3 Å². The van der Waals surface area contributed by atoms with E-state index in [1.807, 2.05) is 57.2 Å². The summed E-state index contributed by atoms with van der Waals surface area (Å²) in [7, 11) is 0. The van der Waals surface area contributed by atoms with Crippen LogP contribution in [0.2, 0.25) is 0 Å². The Balaban J connectivity index is 1.82. The van der Waals surface area contributed by atoms with Gasteiger partial charge in [0.2, 0.25) is 0 Å². The molecule has 0 atom stereocenters. The second-order valence-electron chi connectivity index (χ2n) is 8.65. The van der Waals surface area contributed by atoms with E-state index in [0.717, 1.165) is 16.8 Å². The van der Waals surface area contributed by atoms with E-state index in [1.54, 1.807) is 18.3 Å². The number of aromatic amines is 1. The highest BCUT2D eigenvalue weighted by Gasteiger charge is 2.20. The number of pyridine rings is 3. The van der Waals surface area contributed by atoms with Crippen LogP contribution in [0, 0.1) is 18.3 Å². The number of nitriles is 1. The van der Waals surface area contributed by atoms with Gasteiger partial charge in [-0.2, -0.15) is 5.26 Å². The monoisotopic (exact) mass is 448 g/mol. The Morgan fingerprint density at radius 3 is 2.41 bits per heavy atom. The number of hydrogen-bond donors (Lipinski definition) is 1. The molecule has 0 aliphatic heterocycles. The summed E-state index contributed by atoms with van der Waals surface area (Å²) >= 11 is 0. The third kappa shape index (κ3) is 3.44. The van der Waals surface area contributed by atoms with E-state index in [1.165, 1.54) is 10.8 Å². The number of nitrogens with zero attached hydrogens (tertiary/aromatic N) is 5. The van der Waals surface area contributed by atoms with E-state index in [-0.39, 0.29) is 5.39 Å². The van der Waals surface area contributed by atoms with Crippen LogP contribution in [0.5, 0.6) is 0 Å². The molecule has 8 nitrogen and oxygen atoms in total. The number of H-pyrrole nitrogens is 1. The molecule has 4 heterocycles. The summed E-state index contributed by atoms with van der Waals surface area (Å²) < 4.78 is 1.42. The van der Waals surface area contributed by atoms with Crippen LogP contribution in [0.3, 0.4) is 0 Å². The molecule has 0 bridgehead atoms. The molecule has 4 aromatic heterocycles. The summed E-state index contributed by atoms with van der Waals surface area (Å²) in [6, 6.07) is 16.9. The van der Waals surface area contributed by atoms with Gasteiger partial charge in [-0.15, -0.1) is 0 Å². The molecular weight excluding hydrogens is 428 g/mol. The highest BCUT2D eigenvalue weighted by atomic mass is 16.2. The Morgan fingerprint density at radius 2 is 1.74 bits per heavy atom. The van der Waals surface area contributed by atoms with Gasteiger partial charge >= 0.3 is 5.69 Å². The fourth-order valence-corrected chi connectivity index (χ4v) is 3.89. The molecule has 0 aliphatic rings. The van der Waals surface area contributed by atoms with Crippen LogP contribution in [0.15, 0.2) is 70.5 Å². The standard InChI is InChI=1S/C26H20N6O2/c1-15-4-5-16(12-28-15)20-10-11-21-22(30-20)23-19(13-29-21)24(33)31-25(34)32(23)18-8-6-17(7-9-18)26(2,3)14-27/h4-13H,1-3H3,(H,31,33,34). The molecule has 1 aromatic carbocycles. The van der Waals surface area contributed by atoms with Gasteiger partial charge < -0.3 is 0 Å². The van der Waals surface area contributed by atoms with Crippen LogP contribution in [-0.4, -0.2) is 24.5 Å². The molecule has 5 aromatic rings. The normalized spacial score (nSPS) is 11.6. The van der Waals surface area contributed by atoms with Crippen molar-refractivity contribution in [2.75, 3.05) is 0 Å². The van der Waals surface area contributed by atoms with Crippen LogP contribution in [-0.2, 0) is 5.41 Å². The van der Waals surface area contributed by atoms with Crippen LogP contribution in [0.4, 0.5) is 0 Å². The molecule has 1 N–H and O–H groups in total. The second kappa shape index (κ2) is 7.74. The number of nitrogens with one attached hydrogen (secondary N) is 1. The molecular formula is C26H20N6O2. The lowest BCUT2D eigenvalue weighted by Crippen LogP contribution is -2.29. The van der Waals surface area contributed by atoms with Crippen LogP contribution in [0.25, 0.3) is 38.9 Å². The summed E-state index contributed by atoms with van der Waals surface area (Å²) in [5, 5.41) is 9.69. The lowest BCUT2D eigenvalue weighted by atomic mass is 9.86. The van der Waals surface area contributed by atoms with Crippen molar-refractivity contribution in [3.63, 3.8) is 0 Å². The highest BCUT2D eigenvalue weighted by molar-refractivity contribution is 6.01. The van der Waals surface area contributed by atoms with E-state index in [4.69, 9.17) is 4.98 Å². The predicted molar refractivity (Wildman–Crippen MR) is 130 cm³/mol. The average Bonchev–Trinajstić information content (AvgIpc) is 2.84. The highest BCUT2D eigenvalue weighted by Crippen LogP contribution is 2.27. The van der Waals surface area contributed by atoms with Crippen molar-refractivity contribution in [2.45, 2.75) is 26.2 Å². The van der Waals surface area contributed by atoms with Gasteiger partial charge in [-0.25, -0.2) is 9.78 Å². The van der Waals surface area contributed by atoms with Gasteiger partial charge in [-0.3, -0.25) is 24.3 Å². The Labute approximate surface area is 194 Å². The van der Waals surface area contributed by atoms with Gasteiger partial charge in [-0.05, 0) is 62.7 Å². The maximum atomic E-state index is 13.0. The summed E-state index contributed by atoms with van der Waals surface area (Å²) in [5.74, 6) is 0. The zero-order chi connectivity index (χ0) is 24.0. The first kappa shape index (κ1) is 21.2. The van der Waals surface area contributed by atoms with Crippen LogP contribution in [0.1, 0.15) is 25.1 Å². The first-order chi connectivity index (χ1) is 16.3. The van der Waals surface area contributed by atoms with E-state index in [2.05, 4.69) is 21.0 Å². The van der Waals surface area contributed by atoms with Gasteiger partial charge in [0.1, 0.15) is 5.52 Å². The average molecular weight is 448 g/mol. The first-order valence-corrected chi connectivity index (χ1v) is 10.7. The molecule has 0 unspecified atom stereocenters. The van der Waals surface area contributed by atoms with Crippen molar-refractivity contribution in [1.29, 1.82) is 5.26 Å². The number of hydrogen-bond acceptors (Lipinski definition) is 6. The Kier molecular flexibility index (Phi) is 4.83. The lowest BCUT2D eigenvalue weighted by Gasteiger charge is -2.17. The minimum Gasteiger partial charge on any atom is -0.273 e. The van der Waals surface area contributed by atoms with Gasteiger partial charge in [-0.1, -0.05) is 12.1 Å². The molecule has 8 heteroatoms. The molecule has 0 fully saturated rings. The lowest BCUT2D eigenvalue weighted by molar-refractivity contribution is 0.686. The SMILES string of the molecule is Cc1ccc(-c2ccc3ncc4c(=O)[nH]c(=O)n(-c5ccc(C(C)(C)C#N)cc5)c4c3n2)cn1. The van der Waals surface area contributed by atoms with Crippen molar-refractivity contribution in [3.05, 3.63) is 93.0 Å². The quantitative estimate of drug-likeness (QED) is 0.420. The second-order valence-corrected chi connectivity index (χ2v) is 8.65. The molecule has 0 radical (unpaired) electrons. The number of aryl methyl sites for hydroxylation is 1. The first-order valence-electron chi connectivity index (χ1n) is 10.7. The topological polar surface area (TPSA) is 117 Å². The van der Waals surface area contributed by atoms with E-state index < -0.39 is 16.7 Å². The van der Waals surface area contributed by atoms with Crippen LogP contribution >= 0.6 is 0 Å². The van der Waals surface area contributed by atoms with Gasteiger partial charge in [0.25, 0.3) is 5.56 Å². The number of benzene rings is 1. The smallest absolute Gasteiger partial charge is 0.273 e. The fraction of sp³-hybridized carbons (Fsp3) is 0.154. The summed E-state index contributed by atoms with van der Waals surface area (Å²) in [5.41, 5.74) is 3.28. The molecule has 0 aliphatic carbocycles. The third-order valence-corrected chi connectivity index (χ3v) is 5.91. The molecule has 0 spiro atoms. The molecule has 166 valence electrons. The molecule has 0 saturated carbocycles. The largest absolute Gasteiger partial charge is 0.333 e. The van der Waals surface area contributed by atoms with Gasteiger partial charge in [0, 0.05) is 23.7 Å². The Morgan fingerprint density at radius 1 is 0.971 bits per heavy atom. The van der Waals surface area contributed by atoms with E-state index >= 15 is 0 Å². The summed E-state index contributed by atoms with van der Waals surface area (Å²) in [6.07, 6.45) is 3.19. The minimum atomic E-state index is -0.675. The van der Waals surface area contributed by atoms with E-state index in [9.17, 15) is 14.9 Å². The third-order valence-electron chi connectivity index (χ3n) is 5.91. The maximum absolute atomic E-state index is 13.0. The minimum absolute atomic E-state index is 0.250. The Bertz CT molecular complexity index is 1720.